The highest BCUT2D eigenvalue weighted by Crippen LogP contribution is 2.34. The Bertz CT molecular complexity index is 1110. The van der Waals surface area contributed by atoms with Crippen molar-refractivity contribution in [2.75, 3.05) is 17.5 Å². The fraction of sp³-hybridized carbons (Fsp3) is 0.333. The van der Waals surface area contributed by atoms with Crippen LogP contribution in [0.15, 0.2) is 35.7 Å². The Hall–Kier alpha value is -1.39. The zero-order valence-corrected chi connectivity index (χ0v) is 19.3. The molecule has 1 aromatic carbocycles. The van der Waals surface area contributed by atoms with E-state index in [1.54, 1.807) is 39.0 Å². The fourth-order valence-electron chi connectivity index (χ4n) is 3.04. The summed E-state index contributed by atoms with van der Waals surface area (Å²) < 4.78 is 54.7. The molecule has 0 spiro atoms. The molecule has 0 saturated carbocycles. The third-order valence-corrected chi connectivity index (χ3v) is 7.97. The smallest absolute Gasteiger partial charge is 0.244 e. The number of rotatable bonds is 8. The summed E-state index contributed by atoms with van der Waals surface area (Å²) in [5.41, 5.74) is 1.85. The predicted octanol–water partition coefficient (Wildman–Crippen LogP) is 4.08. The van der Waals surface area contributed by atoms with Gasteiger partial charge in [-0.05, 0) is 49.6 Å². The second kappa shape index (κ2) is 8.54. The molecular formula is C18H23ClN2O4S3. The Morgan fingerprint density at radius 3 is 2.32 bits per heavy atom. The van der Waals surface area contributed by atoms with Crippen LogP contribution >= 0.6 is 22.9 Å². The van der Waals surface area contributed by atoms with Gasteiger partial charge in [-0.1, -0.05) is 23.7 Å². The summed E-state index contributed by atoms with van der Waals surface area (Å²) in [5, 5.41) is 0. The lowest BCUT2D eigenvalue weighted by molar-refractivity contribution is 0.440. The molecule has 1 N–H and O–H groups in total. The topological polar surface area (TPSA) is 83.6 Å². The van der Waals surface area contributed by atoms with Gasteiger partial charge in [0, 0.05) is 18.0 Å². The van der Waals surface area contributed by atoms with Crippen molar-refractivity contribution in [1.82, 2.24) is 4.31 Å². The molecule has 28 heavy (non-hydrogen) atoms. The van der Waals surface area contributed by atoms with Crippen molar-refractivity contribution in [3.63, 3.8) is 0 Å². The molecule has 0 saturated heterocycles. The van der Waals surface area contributed by atoms with Crippen LogP contribution in [0.2, 0.25) is 4.34 Å². The van der Waals surface area contributed by atoms with Crippen LogP contribution in [0.3, 0.4) is 0 Å². The van der Waals surface area contributed by atoms with Gasteiger partial charge in [0.1, 0.15) is 0 Å². The zero-order valence-electron chi connectivity index (χ0n) is 16.1. The van der Waals surface area contributed by atoms with E-state index in [0.29, 0.717) is 21.0 Å². The normalized spacial score (nSPS) is 12.4. The molecule has 2 rings (SSSR count). The molecule has 10 heteroatoms. The van der Waals surface area contributed by atoms with E-state index in [-0.39, 0.29) is 23.7 Å². The SMILES string of the molecule is C=CCN(Cc1ccc(Cl)s1)S(=O)(=O)c1c(C)cc(C)c(NS(C)(=O)=O)c1C. The van der Waals surface area contributed by atoms with Crippen LogP contribution < -0.4 is 4.72 Å². The first-order valence-corrected chi connectivity index (χ1v) is 12.8. The summed E-state index contributed by atoms with van der Waals surface area (Å²) in [4.78, 5) is 0.890. The highest BCUT2D eigenvalue weighted by molar-refractivity contribution is 7.92. The van der Waals surface area contributed by atoms with E-state index in [4.69, 9.17) is 11.6 Å². The first kappa shape index (κ1) is 22.9. The van der Waals surface area contributed by atoms with Crippen LogP contribution in [-0.4, -0.2) is 33.9 Å². The average molecular weight is 463 g/mol. The molecule has 0 bridgehead atoms. The first-order valence-electron chi connectivity index (χ1n) is 8.30. The number of aryl methyl sites for hydroxylation is 2. The highest BCUT2D eigenvalue weighted by Gasteiger charge is 2.29. The lowest BCUT2D eigenvalue weighted by Crippen LogP contribution is -2.32. The molecule has 0 atom stereocenters. The van der Waals surface area contributed by atoms with Gasteiger partial charge in [0.25, 0.3) is 0 Å². The van der Waals surface area contributed by atoms with Gasteiger partial charge >= 0.3 is 0 Å². The van der Waals surface area contributed by atoms with Gasteiger partial charge in [-0.3, -0.25) is 4.72 Å². The Balaban J connectivity index is 2.61. The van der Waals surface area contributed by atoms with Gasteiger partial charge in [0.05, 0.1) is 21.2 Å². The Labute approximate surface area is 175 Å². The van der Waals surface area contributed by atoms with Crippen molar-refractivity contribution in [2.24, 2.45) is 0 Å². The molecule has 0 aliphatic heterocycles. The molecule has 0 unspecified atom stereocenters. The molecule has 0 amide bonds. The van der Waals surface area contributed by atoms with Gasteiger partial charge in [-0.2, -0.15) is 4.31 Å². The number of anilines is 1. The summed E-state index contributed by atoms with van der Waals surface area (Å²) in [6.45, 7) is 8.96. The average Bonchev–Trinajstić information content (AvgIpc) is 2.95. The summed E-state index contributed by atoms with van der Waals surface area (Å²) >= 11 is 7.28. The van der Waals surface area contributed by atoms with E-state index in [9.17, 15) is 16.8 Å². The summed E-state index contributed by atoms with van der Waals surface area (Å²) in [5.74, 6) is 0. The molecule has 1 aromatic heterocycles. The Morgan fingerprint density at radius 2 is 1.82 bits per heavy atom. The van der Waals surface area contributed by atoms with Crippen molar-refractivity contribution in [2.45, 2.75) is 32.2 Å². The second-order valence-electron chi connectivity index (χ2n) is 6.51. The second-order valence-corrected chi connectivity index (χ2v) is 11.9. The van der Waals surface area contributed by atoms with E-state index >= 15 is 0 Å². The molecule has 0 radical (unpaired) electrons. The standard InChI is InChI=1S/C18H23ClN2O4S3/c1-6-9-21(11-15-7-8-16(19)26-15)28(24,25)18-13(3)10-12(2)17(14(18)4)20-27(5,22)23/h6-8,10,20H,1,9,11H2,2-5H3. The van der Waals surface area contributed by atoms with Crippen molar-refractivity contribution >= 4 is 48.7 Å². The molecule has 6 nitrogen and oxygen atoms in total. The van der Waals surface area contributed by atoms with E-state index in [1.165, 1.54) is 21.7 Å². The van der Waals surface area contributed by atoms with Gasteiger partial charge in [-0.25, -0.2) is 16.8 Å². The minimum atomic E-state index is -3.92. The zero-order chi connectivity index (χ0) is 21.3. The molecular weight excluding hydrogens is 440 g/mol. The number of halogens is 1. The van der Waals surface area contributed by atoms with Gasteiger partial charge in [0.15, 0.2) is 0 Å². The number of thiophene rings is 1. The van der Waals surface area contributed by atoms with Crippen LogP contribution in [-0.2, 0) is 26.6 Å². The van der Waals surface area contributed by atoms with Gasteiger partial charge < -0.3 is 0 Å². The fourth-order valence-corrected chi connectivity index (χ4v) is 6.73. The van der Waals surface area contributed by atoms with Crippen molar-refractivity contribution < 1.29 is 16.8 Å². The van der Waals surface area contributed by atoms with Crippen LogP contribution in [0.5, 0.6) is 0 Å². The molecule has 0 fully saturated rings. The van der Waals surface area contributed by atoms with Crippen molar-refractivity contribution in [3.8, 4) is 0 Å². The number of hydrogen-bond acceptors (Lipinski definition) is 5. The van der Waals surface area contributed by atoms with Crippen LogP contribution in [0.4, 0.5) is 5.69 Å². The minimum Gasteiger partial charge on any atom is -0.283 e. The monoisotopic (exact) mass is 462 g/mol. The van der Waals surface area contributed by atoms with Crippen LogP contribution in [0, 0.1) is 20.8 Å². The maximum Gasteiger partial charge on any atom is 0.244 e. The van der Waals surface area contributed by atoms with Crippen LogP contribution in [0.1, 0.15) is 21.6 Å². The Kier molecular flexibility index (Phi) is 6.99. The quantitative estimate of drug-likeness (QED) is 0.599. The third kappa shape index (κ3) is 5.15. The van der Waals surface area contributed by atoms with Crippen molar-refractivity contribution in [1.29, 1.82) is 0 Å². The number of nitrogens with zero attached hydrogens (tertiary/aromatic N) is 1. The van der Waals surface area contributed by atoms with E-state index in [0.717, 1.165) is 11.1 Å². The summed E-state index contributed by atoms with van der Waals surface area (Å²) in [6, 6.07) is 5.17. The minimum absolute atomic E-state index is 0.0914. The molecule has 0 aliphatic carbocycles. The highest BCUT2D eigenvalue weighted by atomic mass is 35.5. The number of hydrogen-bond donors (Lipinski definition) is 1. The number of sulfonamides is 2. The maximum atomic E-state index is 13.5. The van der Waals surface area contributed by atoms with Gasteiger partial charge in [-0.15, -0.1) is 17.9 Å². The predicted molar refractivity (Wildman–Crippen MR) is 116 cm³/mol. The molecule has 2 aromatic rings. The molecule has 154 valence electrons. The summed E-state index contributed by atoms with van der Waals surface area (Å²) in [6.07, 6.45) is 2.55. The molecule has 0 aliphatic rings. The van der Waals surface area contributed by atoms with E-state index < -0.39 is 20.0 Å². The summed E-state index contributed by atoms with van der Waals surface area (Å²) in [7, 11) is -7.48. The largest absolute Gasteiger partial charge is 0.283 e. The van der Waals surface area contributed by atoms with E-state index in [1.807, 2.05) is 0 Å². The maximum absolute atomic E-state index is 13.5. The third-order valence-electron chi connectivity index (χ3n) is 4.08. The van der Waals surface area contributed by atoms with Crippen molar-refractivity contribution in [3.05, 3.63) is 56.8 Å². The number of nitrogens with one attached hydrogen (secondary N) is 1. The lowest BCUT2D eigenvalue weighted by Gasteiger charge is -2.24. The number of benzene rings is 1. The molecule has 1 heterocycles. The van der Waals surface area contributed by atoms with Crippen LogP contribution in [0.25, 0.3) is 0 Å². The van der Waals surface area contributed by atoms with Gasteiger partial charge in [0.2, 0.25) is 20.0 Å². The Morgan fingerprint density at radius 1 is 1.18 bits per heavy atom. The first-order chi connectivity index (χ1) is 12.9. The van der Waals surface area contributed by atoms with E-state index in [2.05, 4.69) is 11.3 Å². The lowest BCUT2D eigenvalue weighted by atomic mass is 10.1.